The average molecular weight is 471 g/mol. The molecule has 1 heterocycles. The number of benzene rings is 1. The standard InChI is InChI=1S/C32H38O3/c1-19-14-16-35-32(19)15-13-28-26-11-9-23-17-24(33)10-12-25(23)29(26)27(18-31(28,32)2)20-3-5-21(6-4-20)30(34)22-7-8-22/h3-6,22-23,26-28H,1,7-18H2,2H3. The lowest BCUT2D eigenvalue weighted by Crippen LogP contribution is -2.52. The Morgan fingerprint density at radius 2 is 1.83 bits per heavy atom. The summed E-state index contributed by atoms with van der Waals surface area (Å²) < 4.78 is 6.65. The first-order valence-electron chi connectivity index (χ1n) is 14.1. The maximum absolute atomic E-state index is 12.7. The van der Waals surface area contributed by atoms with Crippen LogP contribution >= 0.6 is 0 Å². The number of hydrogen-bond acceptors (Lipinski definition) is 3. The molecule has 0 amide bonds. The van der Waals surface area contributed by atoms with Crippen molar-refractivity contribution in [3.8, 4) is 0 Å². The Hall–Kier alpha value is -2.00. The summed E-state index contributed by atoms with van der Waals surface area (Å²) in [5.74, 6) is 3.05. The van der Waals surface area contributed by atoms with Crippen LogP contribution in [0.4, 0.5) is 0 Å². The number of rotatable bonds is 3. The van der Waals surface area contributed by atoms with Crippen LogP contribution in [0.25, 0.3) is 0 Å². The summed E-state index contributed by atoms with van der Waals surface area (Å²) in [5.41, 5.74) is 6.76. The normalized spacial score (nSPS) is 40.6. The molecule has 1 aromatic rings. The highest BCUT2D eigenvalue weighted by Crippen LogP contribution is 2.70. The molecule has 3 heteroatoms. The largest absolute Gasteiger partial charge is 0.370 e. The molecule has 6 atom stereocenters. The highest BCUT2D eigenvalue weighted by atomic mass is 16.5. The maximum Gasteiger partial charge on any atom is 0.165 e. The Bertz CT molecular complexity index is 1140. The number of fused-ring (bicyclic) bond motifs is 5. The number of carbonyl (C=O) groups excluding carboxylic acids is 2. The zero-order valence-electron chi connectivity index (χ0n) is 21.1. The molecule has 0 aromatic heterocycles. The van der Waals surface area contributed by atoms with Crippen molar-refractivity contribution in [3.05, 3.63) is 58.7 Å². The average Bonchev–Trinajstić information content (AvgIpc) is 3.58. The minimum atomic E-state index is -0.173. The topological polar surface area (TPSA) is 43.4 Å². The van der Waals surface area contributed by atoms with E-state index in [0.29, 0.717) is 35.2 Å². The molecule has 0 radical (unpaired) electrons. The van der Waals surface area contributed by atoms with E-state index < -0.39 is 0 Å². The van der Waals surface area contributed by atoms with Gasteiger partial charge in [0.05, 0.1) is 12.2 Å². The molecule has 1 aromatic carbocycles. The Morgan fingerprint density at radius 3 is 2.54 bits per heavy atom. The van der Waals surface area contributed by atoms with Gasteiger partial charge in [0.25, 0.3) is 0 Å². The van der Waals surface area contributed by atoms with Crippen molar-refractivity contribution in [2.75, 3.05) is 6.61 Å². The van der Waals surface area contributed by atoms with Gasteiger partial charge in [-0.15, -0.1) is 0 Å². The fourth-order valence-corrected chi connectivity index (χ4v) is 9.30. The van der Waals surface area contributed by atoms with Crippen LogP contribution in [0, 0.1) is 29.1 Å². The molecular formula is C32H38O3. The van der Waals surface area contributed by atoms with Gasteiger partial charge >= 0.3 is 0 Å². The first-order valence-corrected chi connectivity index (χ1v) is 14.1. The predicted octanol–water partition coefficient (Wildman–Crippen LogP) is 6.97. The number of hydrogen-bond donors (Lipinski definition) is 0. The smallest absolute Gasteiger partial charge is 0.165 e. The number of Topliss-reactive ketones (excluding diaryl/α,β-unsaturated/α-hetero) is 2. The van der Waals surface area contributed by atoms with E-state index in [0.717, 1.165) is 70.0 Å². The van der Waals surface area contributed by atoms with Gasteiger partial charge in [0.2, 0.25) is 0 Å². The Morgan fingerprint density at radius 1 is 1.03 bits per heavy atom. The van der Waals surface area contributed by atoms with Gasteiger partial charge in [-0.1, -0.05) is 48.9 Å². The van der Waals surface area contributed by atoms with Gasteiger partial charge in [-0.05, 0) is 86.7 Å². The molecule has 1 saturated heterocycles. The van der Waals surface area contributed by atoms with Gasteiger partial charge in [0, 0.05) is 35.7 Å². The van der Waals surface area contributed by atoms with Crippen molar-refractivity contribution in [3.63, 3.8) is 0 Å². The van der Waals surface area contributed by atoms with Gasteiger partial charge in [0.15, 0.2) is 5.78 Å². The van der Waals surface area contributed by atoms with Crippen molar-refractivity contribution in [1.82, 2.24) is 0 Å². The fraction of sp³-hybridized carbons (Fsp3) is 0.625. The van der Waals surface area contributed by atoms with Gasteiger partial charge in [-0.2, -0.15) is 0 Å². The molecule has 0 N–H and O–H groups in total. The summed E-state index contributed by atoms with van der Waals surface area (Å²) in [6.07, 6.45) is 11.3. The van der Waals surface area contributed by atoms with E-state index in [1.165, 1.54) is 24.0 Å². The molecule has 6 aliphatic rings. The monoisotopic (exact) mass is 470 g/mol. The molecule has 6 unspecified atom stereocenters. The molecular weight excluding hydrogens is 432 g/mol. The third-order valence-corrected chi connectivity index (χ3v) is 11.1. The van der Waals surface area contributed by atoms with E-state index in [-0.39, 0.29) is 16.9 Å². The van der Waals surface area contributed by atoms with Crippen molar-refractivity contribution in [2.24, 2.45) is 29.1 Å². The van der Waals surface area contributed by atoms with Crippen LogP contribution in [0.5, 0.6) is 0 Å². The second kappa shape index (κ2) is 7.75. The zero-order valence-corrected chi connectivity index (χ0v) is 21.1. The highest BCUT2D eigenvalue weighted by molar-refractivity contribution is 5.99. The van der Waals surface area contributed by atoms with Crippen LogP contribution in [0.3, 0.4) is 0 Å². The second-order valence-corrected chi connectivity index (χ2v) is 12.7. The van der Waals surface area contributed by atoms with E-state index in [1.54, 1.807) is 11.1 Å². The van der Waals surface area contributed by atoms with E-state index in [9.17, 15) is 9.59 Å². The van der Waals surface area contributed by atoms with Crippen molar-refractivity contribution < 1.29 is 14.3 Å². The Kier molecular flexibility index (Phi) is 4.92. The van der Waals surface area contributed by atoms with Crippen LogP contribution in [-0.2, 0) is 9.53 Å². The van der Waals surface area contributed by atoms with E-state index >= 15 is 0 Å². The molecule has 5 aliphatic carbocycles. The van der Waals surface area contributed by atoms with Crippen molar-refractivity contribution in [2.45, 2.75) is 89.1 Å². The minimum absolute atomic E-state index is 0.0831. The molecule has 0 bridgehead atoms. The Labute approximate surface area is 209 Å². The molecule has 35 heavy (non-hydrogen) atoms. The van der Waals surface area contributed by atoms with Crippen LogP contribution in [0.1, 0.15) is 99.4 Å². The predicted molar refractivity (Wildman–Crippen MR) is 136 cm³/mol. The fourth-order valence-electron chi connectivity index (χ4n) is 9.30. The summed E-state index contributed by atoms with van der Waals surface area (Å²) in [4.78, 5) is 25.0. The van der Waals surface area contributed by atoms with Gasteiger partial charge < -0.3 is 4.74 Å². The highest BCUT2D eigenvalue weighted by Gasteiger charge is 2.66. The molecule has 1 spiro atoms. The number of allylic oxidation sites excluding steroid dienone is 2. The number of ether oxygens (including phenoxy) is 1. The van der Waals surface area contributed by atoms with E-state index in [2.05, 4.69) is 37.8 Å². The van der Waals surface area contributed by atoms with Crippen molar-refractivity contribution >= 4 is 11.6 Å². The van der Waals surface area contributed by atoms with Crippen LogP contribution in [-0.4, -0.2) is 23.8 Å². The quantitative estimate of drug-likeness (QED) is 0.354. The van der Waals surface area contributed by atoms with Gasteiger partial charge in [-0.25, -0.2) is 0 Å². The lowest BCUT2D eigenvalue weighted by atomic mass is 9.50. The maximum atomic E-state index is 12.7. The zero-order chi connectivity index (χ0) is 23.9. The number of carbonyl (C=O) groups is 2. The Balaban J connectivity index is 1.33. The first kappa shape index (κ1) is 22.2. The third kappa shape index (κ3) is 3.12. The van der Waals surface area contributed by atoms with Crippen molar-refractivity contribution in [1.29, 1.82) is 0 Å². The SMILES string of the molecule is C=C1CCOC12CCC1C3CCC4CC(=O)CCC4=C3C(c3ccc(C(=O)C4CC4)cc3)CC12C. The lowest BCUT2D eigenvalue weighted by Gasteiger charge is -2.56. The summed E-state index contributed by atoms with van der Waals surface area (Å²) in [6, 6.07) is 8.67. The van der Waals surface area contributed by atoms with Crippen LogP contribution < -0.4 is 0 Å². The molecule has 4 saturated carbocycles. The molecule has 184 valence electrons. The minimum Gasteiger partial charge on any atom is -0.370 e. The summed E-state index contributed by atoms with van der Waals surface area (Å²) in [6.45, 7) is 7.87. The molecule has 3 nitrogen and oxygen atoms in total. The summed E-state index contributed by atoms with van der Waals surface area (Å²) >= 11 is 0. The van der Waals surface area contributed by atoms with Crippen LogP contribution in [0.2, 0.25) is 0 Å². The molecule has 1 aliphatic heterocycles. The van der Waals surface area contributed by atoms with E-state index in [1.807, 2.05) is 0 Å². The lowest BCUT2D eigenvalue weighted by molar-refractivity contribution is -0.121. The molecule has 5 fully saturated rings. The van der Waals surface area contributed by atoms with Gasteiger partial charge in [0.1, 0.15) is 5.78 Å². The van der Waals surface area contributed by atoms with Crippen LogP contribution in [0.15, 0.2) is 47.6 Å². The molecule has 7 rings (SSSR count). The second-order valence-electron chi connectivity index (χ2n) is 12.7. The third-order valence-electron chi connectivity index (χ3n) is 11.1. The van der Waals surface area contributed by atoms with E-state index in [4.69, 9.17) is 4.74 Å². The summed E-state index contributed by atoms with van der Waals surface area (Å²) in [5, 5.41) is 0. The first-order chi connectivity index (χ1) is 16.9. The summed E-state index contributed by atoms with van der Waals surface area (Å²) in [7, 11) is 0. The van der Waals surface area contributed by atoms with Gasteiger partial charge in [-0.3, -0.25) is 9.59 Å². The number of ketones is 2.